The Bertz CT molecular complexity index is 99.4. The summed E-state index contributed by atoms with van der Waals surface area (Å²) in [5, 5.41) is 0. The van der Waals surface area contributed by atoms with E-state index < -0.39 is 0 Å². The molecule has 1 rings (SSSR count). The fourth-order valence-electron chi connectivity index (χ4n) is 1.47. The lowest BCUT2D eigenvalue weighted by Gasteiger charge is -2.08. The van der Waals surface area contributed by atoms with Crippen LogP contribution in [-0.4, -0.2) is 11.5 Å². The number of rotatable bonds is 1. The van der Waals surface area contributed by atoms with Crippen LogP contribution in [0.25, 0.3) is 0 Å². The van der Waals surface area contributed by atoms with Gasteiger partial charge in [-0.3, -0.25) is 0 Å². The van der Waals surface area contributed by atoms with Crippen LogP contribution in [0.15, 0.2) is 12.7 Å². The zero-order valence-corrected chi connectivity index (χ0v) is 8.04. The molecule has 1 heteroatoms. The molecule has 0 saturated carbocycles. The molecule has 1 unspecified atom stereocenters. The Hall–Kier alpha value is 0.0900. The number of allylic oxidation sites excluding steroid dienone is 1. The van der Waals surface area contributed by atoms with Crippen molar-refractivity contribution in [1.82, 2.24) is 0 Å². The zero-order valence-electron chi connectivity index (χ0n) is 7.22. The van der Waals surface area contributed by atoms with Crippen LogP contribution in [0.3, 0.4) is 0 Å². The maximum absolute atomic E-state index is 3.87. The van der Waals surface area contributed by atoms with Crippen LogP contribution in [0.2, 0.25) is 0 Å². The predicted molar refractivity (Wildman–Crippen MR) is 54.1 cm³/mol. The van der Waals surface area contributed by atoms with Crippen molar-refractivity contribution < 1.29 is 0 Å². The normalized spacial score (nSPS) is 28.2. The summed E-state index contributed by atoms with van der Waals surface area (Å²) < 4.78 is 0. The number of thioether (sulfide) groups is 1. The van der Waals surface area contributed by atoms with Crippen molar-refractivity contribution in [1.29, 1.82) is 0 Å². The van der Waals surface area contributed by atoms with Crippen molar-refractivity contribution in [2.75, 3.05) is 11.5 Å². The molecule has 1 fully saturated rings. The van der Waals surface area contributed by atoms with Crippen molar-refractivity contribution in [3.05, 3.63) is 12.7 Å². The third-order valence-corrected chi connectivity index (χ3v) is 3.52. The first-order valence-corrected chi connectivity index (χ1v) is 5.79. The van der Waals surface area contributed by atoms with Gasteiger partial charge in [-0.2, -0.15) is 11.8 Å². The molecule has 0 aliphatic carbocycles. The van der Waals surface area contributed by atoms with Gasteiger partial charge in [0, 0.05) is 0 Å². The van der Waals surface area contributed by atoms with E-state index in [1.54, 1.807) is 0 Å². The van der Waals surface area contributed by atoms with E-state index in [4.69, 9.17) is 0 Å². The van der Waals surface area contributed by atoms with Gasteiger partial charge in [-0.15, -0.1) is 6.58 Å². The van der Waals surface area contributed by atoms with Gasteiger partial charge in [-0.25, -0.2) is 0 Å². The van der Waals surface area contributed by atoms with Crippen LogP contribution in [0.4, 0.5) is 0 Å². The van der Waals surface area contributed by atoms with Crippen molar-refractivity contribution in [2.24, 2.45) is 5.92 Å². The first-order chi connectivity index (χ1) is 5.43. The molecule has 11 heavy (non-hydrogen) atoms. The molecule has 0 aromatic heterocycles. The van der Waals surface area contributed by atoms with Gasteiger partial charge < -0.3 is 0 Å². The van der Waals surface area contributed by atoms with Gasteiger partial charge >= 0.3 is 0 Å². The van der Waals surface area contributed by atoms with Crippen molar-refractivity contribution >= 4 is 11.8 Å². The second kappa shape index (κ2) is 5.70. The van der Waals surface area contributed by atoms with Gasteiger partial charge in [0.15, 0.2) is 0 Å². The van der Waals surface area contributed by atoms with E-state index >= 15 is 0 Å². The quantitative estimate of drug-likeness (QED) is 0.543. The maximum Gasteiger partial charge on any atom is -0.000456 e. The summed E-state index contributed by atoms with van der Waals surface area (Å²) in [6.07, 6.45) is 9.22. The fraction of sp³-hybridized carbons (Fsp3) is 0.800. The average molecular weight is 170 g/mol. The highest BCUT2D eigenvalue weighted by molar-refractivity contribution is 7.99. The second-order valence-corrected chi connectivity index (χ2v) is 4.42. The zero-order chi connectivity index (χ0) is 7.94. The highest BCUT2D eigenvalue weighted by Gasteiger charge is 2.06. The molecule has 64 valence electrons. The number of hydrogen-bond donors (Lipinski definition) is 0. The van der Waals surface area contributed by atoms with Crippen molar-refractivity contribution in [2.45, 2.75) is 32.1 Å². The highest BCUT2D eigenvalue weighted by Crippen LogP contribution is 2.21. The molecular formula is C10H18S. The molecule has 1 aliphatic heterocycles. The van der Waals surface area contributed by atoms with E-state index in [-0.39, 0.29) is 0 Å². The highest BCUT2D eigenvalue weighted by atomic mass is 32.2. The van der Waals surface area contributed by atoms with Gasteiger partial charge in [0.25, 0.3) is 0 Å². The largest absolute Gasteiger partial charge is 0.161 e. The first-order valence-electron chi connectivity index (χ1n) is 4.64. The summed E-state index contributed by atoms with van der Waals surface area (Å²) in [7, 11) is 0. The summed E-state index contributed by atoms with van der Waals surface area (Å²) in [5.74, 6) is 3.46. The van der Waals surface area contributed by atoms with E-state index in [9.17, 15) is 0 Å². The summed E-state index contributed by atoms with van der Waals surface area (Å²) in [6.45, 7) is 3.87. The number of hydrogen-bond acceptors (Lipinski definition) is 1. The topological polar surface area (TPSA) is 0 Å². The van der Waals surface area contributed by atoms with Crippen LogP contribution in [-0.2, 0) is 0 Å². The molecule has 0 aromatic rings. The van der Waals surface area contributed by atoms with E-state index in [1.807, 2.05) is 0 Å². The lowest BCUT2D eigenvalue weighted by atomic mass is 10.0. The molecular weight excluding hydrogens is 152 g/mol. The first kappa shape index (κ1) is 9.18. The van der Waals surface area contributed by atoms with E-state index in [0.717, 1.165) is 5.92 Å². The average Bonchev–Trinajstić information content (AvgIpc) is 2.16. The van der Waals surface area contributed by atoms with Crippen LogP contribution in [0.1, 0.15) is 32.1 Å². The molecule has 0 N–H and O–H groups in total. The maximum atomic E-state index is 3.87. The summed E-state index contributed by atoms with van der Waals surface area (Å²) >= 11 is 2.10. The molecule has 0 amide bonds. The van der Waals surface area contributed by atoms with Gasteiger partial charge in [-0.1, -0.05) is 25.3 Å². The fourth-order valence-corrected chi connectivity index (χ4v) is 2.65. The lowest BCUT2D eigenvalue weighted by Crippen LogP contribution is -1.98. The molecule has 1 atom stereocenters. The minimum atomic E-state index is 0.790. The minimum absolute atomic E-state index is 0.790. The van der Waals surface area contributed by atoms with Gasteiger partial charge in [-0.05, 0) is 30.3 Å². The molecule has 0 radical (unpaired) electrons. The Balaban J connectivity index is 2.24. The molecule has 1 aliphatic rings. The molecule has 0 aromatic carbocycles. The predicted octanol–water partition coefficient (Wildman–Crippen LogP) is 3.49. The second-order valence-electron chi connectivity index (χ2n) is 3.27. The Morgan fingerprint density at radius 3 is 2.82 bits per heavy atom. The molecule has 0 bridgehead atoms. The van der Waals surface area contributed by atoms with Crippen LogP contribution in [0, 0.1) is 5.92 Å². The summed E-state index contributed by atoms with van der Waals surface area (Å²) in [5.41, 5.74) is 0. The van der Waals surface area contributed by atoms with Crippen molar-refractivity contribution in [3.8, 4) is 0 Å². The van der Waals surface area contributed by atoms with Gasteiger partial charge in [0.2, 0.25) is 0 Å². The third kappa shape index (κ3) is 3.85. The Kier molecular flexibility index (Phi) is 4.76. The summed E-state index contributed by atoms with van der Waals surface area (Å²) in [6, 6.07) is 0. The third-order valence-electron chi connectivity index (χ3n) is 2.28. The van der Waals surface area contributed by atoms with Crippen LogP contribution in [0.5, 0.6) is 0 Å². The molecule has 0 nitrogen and oxygen atoms in total. The van der Waals surface area contributed by atoms with Crippen LogP contribution >= 0.6 is 11.8 Å². The molecule has 1 heterocycles. The van der Waals surface area contributed by atoms with Crippen LogP contribution < -0.4 is 0 Å². The standard InChI is InChI=1S/C10H18S/c1-2-10-7-5-3-4-6-8-11-9-10/h2,10H,1,3-9H2. The Morgan fingerprint density at radius 1 is 1.18 bits per heavy atom. The van der Waals surface area contributed by atoms with Gasteiger partial charge in [0.1, 0.15) is 0 Å². The smallest absolute Gasteiger partial charge is 0.000456 e. The minimum Gasteiger partial charge on any atom is -0.161 e. The lowest BCUT2D eigenvalue weighted by molar-refractivity contribution is 0.575. The summed E-state index contributed by atoms with van der Waals surface area (Å²) in [4.78, 5) is 0. The van der Waals surface area contributed by atoms with Gasteiger partial charge in [0.05, 0.1) is 0 Å². The van der Waals surface area contributed by atoms with E-state index in [2.05, 4.69) is 24.4 Å². The Labute approximate surface area is 74.5 Å². The SMILES string of the molecule is C=CC1CCCCCCSC1. The van der Waals surface area contributed by atoms with E-state index in [1.165, 1.54) is 43.6 Å². The van der Waals surface area contributed by atoms with E-state index in [0.29, 0.717) is 0 Å². The molecule has 0 spiro atoms. The van der Waals surface area contributed by atoms with Crippen molar-refractivity contribution in [3.63, 3.8) is 0 Å². The Morgan fingerprint density at radius 2 is 2.00 bits per heavy atom. The monoisotopic (exact) mass is 170 g/mol. The molecule has 1 saturated heterocycles.